The molecule has 0 amide bonds. The molecule has 0 aliphatic rings. The van der Waals surface area contributed by atoms with Crippen LogP contribution in [0.4, 0.5) is 4.39 Å². The van der Waals surface area contributed by atoms with Crippen LogP contribution in [0.1, 0.15) is 15.9 Å². The van der Waals surface area contributed by atoms with Crippen molar-refractivity contribution in [2.75, 3.05) is 13.4 Å². The Morgan fingerprint density at radius 3 is 2.86 bits per heavy atom. The molecular formula is C10H11FO2S. The van der Waals surface area contributed by atoms with Crippen molar-refractivity contribution in [2.45, 2.75) is 5.75 Å². The van der Waals surface area contributed by atoms with Crippen molar-refractivity contribution in [2.24, 2.45) is 0 Å². The highest BCUT2D eigenvalue weighted by atomic mass is 32.2. The molecule has 76 valence electrons. The van der Waals surface area contributed by atoms with E-state index in [1.54, 1.807) is 17.8 Å². The van der Waals surface area contributed by atoms with E-state index >= 15 is 0 Å². The van der Waals surface area contributed by atoms with Crippen molar-refractivity contribution in [3.05, 3.63) is 35.1 Å². The summed E-state index contributed by atoms with van der Waals surface area (Å²) in [6.45, 7) is 0. The van der Waals surface area contributed by atoms with Gasteiger partial charge in [0.25, 0.3) is 0 Å². The van der Waals surface area contributed by atoms with Gasteiger partial charge in [-0.3, -0.25) is 0 Å². The second-order valence-corrected chi connectivity index (χ2v) is 3.60. The molecule has 1 aromatic carbocycles. The smallest absolute Gasteiger partial charge is 0.340 e. The number of carbonyl (C=O) groups is 1. The van der Waals surface area contributed by atoms with E-state index in [-0.39, 0.29) is 5.56 Å². The summed E-state index contributed by atoms with van der Waals surface area (Å²) in [5, 5.41) is 0. The molecule has 0 aromatic heterocycles. The third-order valence-electron chi connectivity index (χ3n) is 1.75. The fourth-order valence-corrected chi connectivity index (χ4v) is 1.61. The molecule has 2 nitrogen and oxygen atoms in total. The van der Waals surface area contributed by atoms with Gasteiger partial charge in [0.15, 0.2) is 0 Å². The van der Waals surface area contributed by atoms with Crippen molar-refractivity contribution < 1.29 is 13.9 Å². The van der Waals surface area contributed by atoms with E-state index < -0.39 is 11.8 Å². The summed E-state index contributed by atoms with van der Waals surface area (Å²) >= 11 is 1.61. The number of esters is 1. The highest BCUT2D eigenvalue weighted by Gasteiger charge is 2.12. The van der Waals surface area contributed by atoms with E-state index in [2.05, 4.69) is 4.74 Å². The Kier molecular flexibility index (Phi) is 3.95. The molecule has 0 unspecified atom stereocenters. The third kappa shape index (κ3) is 2.48. The molecule has 0 aliphatic carbocycles. The highest BCUT2D eigenvalue weighted by Crippen LogP contribution is 2.15. The number of benzene rings is 1. The van der Waals surface area contributed by atoms with Crippen LogP contribution >= 0.6 is 11.8 Å². The predicted octanol–water partition coefficient (Wildman–Crippen LogP) is 2.48. The average molecular weight is 214 g/mol. The molecule has 14 heavy (non-hydrogen) atoms. The first-order valence-corrected chi connectivity index (χ1v) is 5.44. The zero-order valence-corrected chi connectivity index (χ0v) is 8.86. The summed E-state index contributed by atoms with van der Waals surface area (Å²) in [5.74, 6) is -0.420. The fourth-order valence-electron chi connectivity index (χ4n) is 1.10. The number of rotatable bonds is 3. The minimum absolute atomic E-state index is 0.000880. The Labute approximate surface area is 86.5 Å². The van der Waals surface area contributed by atoms with E-state index in [4.69, 9.17) is 0 Å². The molecule has 0 atom stereocenters. The molecular weight excluding hydrogens is 203 g/mol. The number of halogens is 1. The molecule has 0 aliphatic heterocycles. The van der Waals surface area contributed by atoms with Gasteiger partial charge in [0.1, 0.15) is 5.82 Å². The monoisotopic (exact) mass is 214 g/mol. The number of methoxy groups -OCH3 is 1. The van der Waals surface area contributed by atoms with Crippen LogP contribution in [0.25, 0.3) is 0 Å². The summed E-state index contributed by atoms with van der Waals surface area (Å²) in [4.78, 5) is 11.1. The average Bonchev–Trinajstić information content (AvgIpc) is 2.20. The lowest BCUT2D eigenvalue weighted by molar-refractivity contribution is 0.0595. The van der Waals surface area contributed by atoms with Gasteiger partial charge < -0.3 is 4.74 Å². The van der Waals surface area contributed by atoms with Crippen LogP contribution in [0.15, 0.2) is 18.2 Å². The summed E-state index contributed by atoms with van der Waals surface area (Å²) in [5.41, 5.74) is 0.915. The molecule has 4 heteroatoms. The zero-order chi connectivity index (χ0) is 10.6. The Bertz CT molecular complexity index is 339. The second kappa shape index (κ2) is 5.00. The standard InChI is InChI=1S/C10H11FO2S/c1-13-10(12)8-5-7(6-14-2)3-4-9(8)11/h3-5H,6H2,1-2H3. The van der Waals surface area contributed by atoms with Crippen molar-refractivity contribution in [3.8, 4) is 0 Å². The van der Waals surface area contributed by atoms with Gasteiger partial charge in [0, 0.05) is 5.75 Å². The molecule has 0 spiro atoms. The minimum Gasteiger partial charge on any atom is -0.465 e. The van der Waals surface area contributed by atoms with E-state index in [0.717, 1.165) is 11.3 Å². The van der Waals surface area contributed by atoms with E-state index in [1.807, 2.05) is 6.26 Å². The summed E-state index contributed by atoms with van der Waals surface area (Å²) in [6.07, 6.45) is 1.95. The van der Waals surface area contributed by atoms with Crippen LogP contribution in [0, 0.1) is 5.82 Å². The van der Waals surface area contributed by atoms with Gasteiger partial charge in [-0.15, -0.1) is 0 Å². The lowest BCUT2D eigenvalue weighted by atomic mass is 10.1. The van der Waals surface area contributed by atoms with Gasteiger partial charge in [0.05, 0.1) is 12.7 Å². The predicted molar refractivity (Wildman–Crippen MR) is 55.0 cm³/mol. The number of hydrogen-bond acceptors (Lipinski definition) is 3. The quantitative estimate of drug-likeness (QED) is 0.723. The molecule has 1 rings (SSSR count). The zero-order valence-electron chi connectivity index (χ0n) is 8.04. The maximum Gasteiger partial charge on any atom is 0.340 e. The topological polar surface area (TPSA) is 26.3 Å². The van der Waals surface area contributed by atoms with Crippen LogP contribution in [0.2, 0.25) is 0 Å². The van der Waals surface area contributed by atoms with Gasteiger partial charge in [-0.25, -0.2) is 9.18 Å². The minimum atomic E-state index is -0.634. The lowest BCUT2D eigenvalue weighted by Gasteiger charge is -2.03. The number of carbonyl (C=O) groups excluding carboxylic acids is 1. The van der Waals surface area contributed by atoms with Gasteiger partial charge in [-0.05, 0) is 24.0 Å². The number of thioether (sulfide) groups is 1. The summed E-state index contributed by atoms with van der Waals surface area (Å²) in [7, 11) is 1.24. The highest BCUT2D eigenvalue weighted by molar-refractivity contribution is 7.97. The van der Waals surface area contributed by atoms with Crippen LogP contribution in [0.3, 0.4) is 0 Å². The van der Waals surface area contributed by atoms with Gasteiger partial charge in [0.2, 0.25) is 0 Å². The van der Waals surface area contributed by atoms with Crippen molar-refractivity contribution in [1.29, 1.82) is 0 Å². The van der Waals surface area contributed by atoms with Crippen molar-refractivity contribution >= 4 is 17.7 Å². The second-order valence-electron chi connectivity index (χ2n) is 2.74. The Morgan fingerprint density at radius 2 is 2.29 bits per heavy atom. The van der Waals surface area contributed by atoms with Crippen molar-refractivity contribution in [1.82, 2.24) is 0 Å². The Balaban J connectivity index is 3.01. The van der Waals surface area contributed by atoms with Crippen LogP contribution in [-0.4, -0.2) is 19.3 Å². The SMILES string of the molecule is COC(=O)c1cc(CSC)ccc1F. The van der Waals surface area contributed by atoms with Crippen LogP contribution < -0.4 is 0 Å². The largest absolute Gasteiger partial charge is 0.465 e. The molecule has 0 N–H and O–H groups in total. The molecule has 0 fully saturated rings. The Hall–Kier alpha value is -1.03. The molecule has 0 bridgehead atoms. The number of hydrogen-bond donors (Lipinski definition) is 0. The molecule has 0 saturated carbocycles. The van der Waals surface area contributed by atoms with Gasteiger partial charge >= 0.3 is 5.97 Å². The van der Waals surface area contributed by atoms with Crippen LogP contribution in [0.5, 0.6) is 0 Å². The first kappa shape index (κ1) is 11.0. The number of ether oxygens (including phenoxy) is 1. The van der Waals surface area contributed by atoms with Crippen LogP contribution in [-0.2, 0) is 10.5 Å². The molecule has 0 radical (unpaired) electrons. The van der Waals surface area contributed by atoms with Crippen molar-refractivity contribution in [3.63, 3.8) is 0 Å². The van der Waals surface area contributed by atoms with Gasteiger partial charge in [-0.1, -0.05) is 6.07 Å². The first-order valence-electron chi connectivity index (χ1n) is 4.04. The molecule has 0 saturated heterocycles. The maximum atomic E-state index is 13.1. The summed E-state index contributed by atoms with van der Waals surface area (Å²) in [6, 6.07) is 4.48. The molecule has 1 aromatic rings. The fraction of sp³-hybridized carbons (Fsp3) is 0.300. The summed E-state index contributed by atoms with van der Waals surface area (Å²) < 4.78 is 17.6. The maximum absolute atomic E-state index is 13.1. The first-order chi connectivity index (χ1) is 6.69. The van der Waals surface area contributed by atoms with E-state index in [9.17, 15) is 9.18 Å². The normalized spacial score (nSPS) is 9.93. The third-order valence-corrected chi connectivity index (χ3v) is 2.37. The lowest BCUT2D eigenvalue weighted by Crippen LogP contribution is -2.04. The van der Waals surface area contributed by atoms with E-state index in [0.29, 0.717) is 0 Å². The molecule has 0 heterocycles. The Morgan fingerprint density at radius 1 is 1.57 bits per heavy atom. The van der Waals surface area contributed by atoms with Gasteiger partial charge in [-0.2, -0.15) is 11.8 Å². The van der Waals surface area contributed by atoms with E-state index in [1.165, 1.54) is 19.2 Å².